The molecule has 0 bridgehead atoms. The van der Waals surface area contributed by atoms with Gasteiger partial charge in [0.1, 0.15) is 4.88 Å². The summed E-state index contributed by atoms with van der Waals surface area (Å²) in [6, 6.07) is 0. The summed E-state index contributed by atoms with van der Waals surface area (Å²) in [5.74, 6) is 1.74. The minimum absolute atomic E-state index is 0.0397. The summed E-state index contributed by atoms with van der Waals surface area (Å²) in [5.41, 5.74) is 0.790. The topological polar surface area (TPSA) is 54.9 Å². The third-order valence-electron chi connectivity index (χ3n) is 3.64. The number of halogens is 1. The Hall–Kier alpha value is -0.680. The Morgan fingerprint density at radius 1 is 1.50 bits per heavy atom. The lowest BCUT2D eigenvalue weighted by Gasteiger charge is -2.17. The van der Waals surface area contributed by atoms with Crippen LogP contribution in [0.25, 0.3) is 0 Å². The van der Waals surface area contributed by atoms with Crippen molar-refractivity contribution in [3.05, 3.63) is 10.6 Å². The lowest BCUT2D eigenvalue weighted by atomic mass is 9.98. The van der Waals surface area contributed by atoms with E-state index in [0.29, 0.717) is 22.6 Å². The number of rotatable bonds is 5. The molecule has 2 atom stereocenters. The van der Waals surface area contributed by atoms with E-state index in [0.717, 1.165) is 18.7 Å². The fraction of sp³-hybridized carbons (Fsp3) is 0.750. The van der Waals surface area contributed by atoms with Crippen molar-refractivity contribution in [1.82, 2.24) is 14.9 Å². The van der Waals surface area contributed by atoms with E-state index in [4.69, 9.17) is 11.6 Å². The molecule has 0 aliphatic heterocycles. The van der Waals surface area contributed by atoms with E-state index in [1.54, 1.807) is 0 Å². The highest BCUT2D eigenvalue weighted by atomic mass is 35.5. The highest BCUT2D eigenvalue weighted by molar-refractivity contribution is 7.08. The number of hydrogen-bond donors (Lipinski definition) is 1. The number of alkyl halides is 1. The summed E-state index contributed by atoms with van der Waals surface area (Å²) in [4.78, 5) is 12.7. The first kappa shape index (κ1) is 13.7. The Kier molecular flexibility index (Phi) is 4.95. The third-order valence-corrected chi connectivity index (χ3v) is 4.80. The number of aromatic nitrogens is 2. The molecular formula is C12H18ClN3OS. The van der Waals surface area contributed by atoms with Gasteiger partial charge in [-0.25, -0.2) is 0 Å². The van der Waals surface area contributed by atoms with Crippen LogP contribution in [0.1, 0.15) is 41.6 Å². The van der Waals surface area contributed by atoms with Crippen LogP contribution in [-0.2, 0) is 6.42 Å². The van der Waals surface area contributed by atoms with Crippen LogP contribution in [0.15, 0.2) is 0 Å². The van der Waals surface area contributed by atoms with Gasteiger partial charge in [0.15, 0.2) is 0 Å². The standard InChI is InChI=1S/C12H18ClN3OS/c1-2-10-11(18-16-15-10)12(17)14-7-9-5-3-4-8(9)6-13/h8-9H,2-7H2,1H3,(H,14,17). The maximum atomic E-state index is 12.0. The van der Waals surface area contributed by atoms with Crippen LogP contribution in [-0.4, -0.2) is 27.9 Å². The Bertz CT molecular complexity index is 410. The second-order valence-corrected chi connectivity index (χ2v) is 5.78. The van der Waals surface area contributed by atoms with Gasteiger partial charge in [-0.15, -0.1) is 16.7 Å². The lowest BCUT2D eigenvalue weighted by Crippen LogP contribution is -2.31. The number of nitrogens with zero attached hydrogens (tertiary/aromatic N) is 2. The molecule has 0 radical (unpaired) electrons. The first-order valence-corrected chi connectivity index (χ1v) is 7.72. The SMILES string of the molecule is CCc1nnsc1C(=O)NCC1CCCC1CCl. The number of amides is 1. The van der Waals surface area contributed by atoms with Crippen molar-refractivity contribution in [3.8, 4) is 0 Å². The Morgan fingerprint density at radius 2 is 2.28 bits per heavy atom. The average Bonchev–Trinajstić information content (AvgIpc) is 3.03. The van der Waals surface area contributed by atoms with Crippen molar-refractivity contribution in [2.24, 2.45) is 11.8 Å². The van der Waals surface area contributed by atoms with E-state index in [1.807, 2.05) is 6.92 Å². The van der Waals surface area contributed by atoms with Gasteiger partial charge in [-0.05, 0) is 42.6 Å². The molecule has 2 unspecified atom stereocenters. The van der Waals surface area contributed by atoms with Crippen molar-refractivity contribution in [3.63, 3.8) is 0 Å². The highest BCUT2D eigenvalue weighted by Gasteiger charge is 2.27. The summed E-state index contributed by atoms with van der Waals surface area (Å²) in [5, 5.41) is 6.95. The highest BCUT2D eigenvalue weighted by Crippen LogP contribution is 2.32. The van der Waals surface area contributed by atoms with Gasteiger partial charge < -0.3 is 5.32 Å². The van der Waals surface area contributed by atoms with Gasteiger partial charge in [0.25, 0.3) is 5.91 Å². The molecule has 100 valence electrons. The Labute approximate surface area is 116 Å². The number of carbonyl (C=O) groups excluding carboxylic acids is 1. The molecule has 0 spiro atoms. The number of nitrogens with one attached hydrogen (secondary N) is 1. The molecule has 1 heterocycles. The molecule has 6 heteroatoms. The number of aryl methyl sites for hydroxylation is 1. The molecule has 1 amide bonds. The van der Waals surface area contributed by atoms with Crippen molar-refractivity contribution < 1.29 is 4.79 Å². The Morgan fingerprint density at radius 3 is 3.00 bits per heavy atom. The second kappa shape index (κ2) is 6.48. The molecule has 1 fully saturated rings. The first-order chi connectivity index (χ1) is 8.76. The quantitative estimate of drug-likeness (QED) is 0.847. The van der Waals surface area contributed by atoms with Crippen molar-refractivity contribution >= 4 is 29.0 Å². The van der Waals surface area contributed by atoms with E-state index >= 15 is 0 Å². The van der Waals surface area contributed by atoms with Crippen LogP contribution in [0.5, 0.6) is 0 Å². The van der Waals surface area contributed by atoms with E-state index in [1.165, 1.54) is 30.8 Å². The monoisotopic (exact) mass is 287 g/mol. The zero-order chi connectivity index (χ0) is 13.0. The molecule has 1 saturated carbocycles. The molecule has 1 aliphatic carbocycles. The van der Waals surface area contributed by atoms with Crippen LogP contribution in [0.2, 0.25) is 0 Å². The normalized spacial score (nSPS) is 23.2. The van der Waals surface area contributed by atoms with Crippen molar-refractivity contribution in [2.45, 2.75) is 32.6 Å². The van der Waals surface area contributed by atoms with Crippen LogP contribution >= 0.6 is 23.1 Å². The van der Waals surface area contributed by atoms with Gasteiger partial charge in [0.2, 0.25) is 0 Å². The molecular weight excluding hydrogens is 270 g/mol. The van der Waals surface area contributed by atoms with Gasteiger partial charge in [-0.3, -0.25) is 4.79 Å². The predicted octanol–water partition coefficient (Wildman–Crippen LogP) is 2.49. The van der Waals surface area contributed by atoms with Gasteiger partial charge in [-0.1, -0.05) is 17.8 Å². The van der Waals surface area contributed by atoms with Crippen molar-refractivity contribution in [2.75, 3.05) is 12.4 Å². The van der Waals surface area contributed by atoms with Crippen molar-refractivity contribution in [1.29, 1.82) is 0 Å². The summed E-state index contributed by atoms with van der Waals surface area (Å²) < 4.78 is 3.83. The molecule has 1 aliphatic rings. The molecule has 1 aromatic heterocycles. The summed E-state index contributed by atoms with van der Waals surface area (Å²) in [7, 11) is 0. The van der Waals surface area contributed by atoms with E-state index in [-0.39, 0.29) is 5.91 Å². The lowest BCUT2D eigenvalue weighted by molar-refractivity contribution is 0.0947. The fourth-order valence-corrected chi connectivity index (χ4v) is 3.57. The minimum Gasteiger partial charge on any atom is -0.351 e. The van der Waals surface area contributed by atoms with E-state index < -0.39 is 0 Å². The zero-order valence-electron chi connectivity index (χ0n) is 10.5. The van der Waals surface area contributed by atoms with Crippen LogP contribution in [0.3, 0.4) is 0 Å². The zero-order valence-corrected chi connectivity index (χ0v) is 12.1. The predicted molar refractivity (Wildman–Crippen MR) is 73.2 cm³/mol. The van der Waals surface area contributed by atoms with Gasteiger partial charge >= 0.3 is 0 Å². The molecule has 1 aromatic rings. The third kappa shape index (κ3) is 3.01. The molecule has 18 heavy (non-hydrogen) atoms. The number of carbonyl (C=O) groups is 1. The van der Waals surface area contributed by atoms with Gasteiger partial charge in [0.05, 0.1) is 5.69 Å². The van der Waals surface area contributed by atoms with Gasteiger partial charge in [0, 0.05) is 12.4 Å². The van der Waals surface area contributed by atoms with E-state index in [2.05, 4.69) is 14.9 Å². The Balaban J connectivity index is 1.88. The van der Waals surface area contributed by atoms with Crippen LogP contribution in [0.4, 0.5) is 0 Å². The van der Waals surface area contributed by atoms with Gasteiger partial charge in [-0.2, -0.15) is 0 Å². The summed E-state index contributed by atoms with van der Waals surface area (Å²) in [6.45, 7) is 2.70. The van der Waals surface area contributed by atoms with E-state index in [9.17, 15) is 4.79 Å². The average molecular weight is 288 g/mol. The van der Waals surface area contributed by atoms with Crippen LogP contribution in [0, 0.1) is 11.8 Å². The number of hydrogen-bond acceptors (Lipinski definition) is 4. The summed E-state index contributed by atoms with van der Waals surface area (Å²) in [6.07, 6.45) is 4.32. The maximum absolute atomic E-state index is 12.0. The smallest absolute Gasteiger partial charge is 0.264 e. The minimum atomic E-state index is -0.0397. The molecule has 2 rings (SSSR count). The maximum Gasteiger partial charge on any atom is 0.264 e. The first-order valence-electron chi connectivity index (χ1n) is 6.41. The van der Waals surface area contributed by atoms with Crippen LogP contribution < -0.4 is 5.32 Å². The largest absolute Gasteiger partial charge is 0.351 e. The molecule has 0 saturated heterocycles. The fourth-order valence-electron chi connectivity index (χ4n) is 2.50. The second-order valence-electron chi connectivity index (χ2n) is 4.72. The summed E-state index contributed by atoms with van der Waals surface area (Å²) >= 11 is 7.11. The molecule has 4 nitrogen and oxygen atoms in total. The molecule has 1 N–H and O–H groups in total. The molecule has 0 aromatic carbocycles.